The number of rotatable bonds is 3. The first kappa shape index (κ1) is 13.1. The number of aryl methyl sites for hydroxylation is 1. The minimum absolute atomic E-state index is 0.0836. The molecule has 0 aliphatic heterocycles. The van der Waals surface area contributed by atoms with Crippen molar-refractivity contribution in [1.82, 2.24) is 15.3 Å². The summed E-state index contributed by atoms with van der Waals surface area (Å²) in [6, 6.07) is 2.53. The van der Waals surface area contributed by atoms with Crippen LogP contribution < -0.4 is 5.32 Å². The number of nitrogens with zero attached hydrogens (tertiary/aromatic N) is 2. The number of hydrogen-bond acceptors (Lipinski definition) is 3. The largest absolute Gasteiger partial charge is 0.308 e. The Hall–Kier alpha value is -0.960. The standard InChI is InChI=1S/C13H23N3/c1-9(2)14-8-12-15-10(3)7-11(16-12)13(4,5)6/h7,9,14H,8H2,1-6H3. The lowest BCUT2D eigenvalue weighted by Crippen LogP contribution is -2.24. The second-order valence-electron chi connectivity index (χ2n) is 5.60. The van der Waals surface area contributed by atoms with E-state index in [1.165, 1.54) is 0 Å². The zero-order valence-corrected chi connectivity index (χ0v) is 11.3. The molecule has 1 aromatic rings. The Morgan fingerprint density at radius 1 is 1.25 bits per heavy atom. The number of aromatic nitrogens is 2. The van der Waals surface area contributed by atoms with Gasteiger partial charge in [0.05, 0.1) is 6.54 Å². The first-order valence-corrected chi connectivity index (χ1v) is 5.87. The maximum atomic E-state index is 4.60. The number of hydrogen-bond donors (Lipinski definition) is 1. The van der Waals surface area contributed by atoms with Gasteiger partial charge < -0.3 is 5.32 Å². The fourth-order valence-corrected chi connectivity index (χ4v) is 1.39. The highest BCUT2D eigenvalue weighted by Crippen LogP contribution is 2.20. The van der Waals surface area contributed by atoms with Crippen molar-refractivity contribution in [2.75, 3.05) is 0 Å². The second kappa shape index (κ2) is 4.91. The van der Waals surface area contributed by atoms with E-state index in [0.717, 1.165) is 23.8 Å². The molecule has 0 spiro atoms. The summed E-state index contributed by atoms with van der Waals surface area (Å²) in [5.41, 5.74) is 2.24. The van der Waals surface area contributed by atoms with Crippen LogP contribution >= 0.6 is 0 Å². The third kappa shape index (κ3) is 3.89. The molecule has 0 saturated heterocycles. The van der Waals surface area contributed by atoms with Gasteiger partial charge in [-0.1, -0.05) is 34.6 Å². The van der Waals surface area contributed by atoms with Gasteiger partial charge in [0, 0.05) is 22.8 Å². The summed E-state index contributed by atoms with van der Waals surface area (Å²) >= 11 is 0. The smallest absolute Gasteiger partial charge is 0.142 e. The molecule has 3 heteroatoms. The van der Waals surface area contributed by atoms with Gasteiger partial charge in [0.15, 0.2) is 0 Å². The van der Waals surface area contributed by atoms with E-state index >= 15 is 0 Å². The van der Waals surface area contributed by atoms with Crippen LogP contribution in [-0.2, 0) is 12.0 Å². The summed E-state index contributed by atoms with van der Waals surface area (Å²) in [6.07, 6.45) is 0. The van der Waals surface area contributed by atoms with Crippen molar-refractivity contribution < 1.29 is 0 Å². The average Bonchev–Trinajstić information content (AvgIpc) is 2.12. The van der Waals surface area contributed by atoms with Gasteiger partial charge in [0.25, 0.3) is 0 Å². The third-order valence-electron chi connectivity index (χ3n) is 2.34. The van der Waals surface area contributed by atoms with Crippen LogP contribution in [0.5, 0.6) is 0 Å². The SMILES string of the molecule is Cc1cc(C(C)(C)C)nc(CNC(C)C)n1. The Morgan fingerprint density at radius 3 is 2.38 bits per heavy atom. The van der Waals surface area contributed by atoms with Crippen molar-refractivity contribution in [2.45, 2.75) is 59.5 Å². The molecule has 0 aliphatic rings. The lowest BCUT2D eigenvalue weighted by molar-refractivity contribution is 0.540. The first-order chi connectivity index (χ1) is 7.29. The lowest BCUT2D eigenvalue weighted by Gasteiger charge is -2.19. The minimum Gasteiger partial charge on any atom is -0.308 e. The molecule has 1 heterocycles. The van der Waals surface area contributed by atoms with E-state index in [0.29, 0.717) is 6.04 Å². The van der Waals surface area contributed by atoms with Gasteiger partial charge in [-0.15, -0.1) is 0 Å². The van der Waals surface area contributed by atoms with Crippen LogP contribution in [0, 0.1) is 6.92 Å². The van der Waals surface area contributed by atoms with Crippen molar-refractivity contribution in [3.8, 4) is 0 Å². The predicted octanol–water partition coefficient (Wildman–Crippen LogP) is 2.58. The number of nitrogens with one attached hydrogen (secondary N) is 1. The average molecular weight is 221 g/mol. The van der Waals surface area contributed by atoms with Crippen LogP contribution in [0.15, 0.2) is 6.07 Å². The van der Waals surface area contributed by atoms with Crippen LogP contribution in [0.25, 0.3) is 0 Å². The normalized spacial score (nSPS) is 12.2. The van der Waals surface area contributed by atoms with Gasteiger partial charge in [-0.05, 0) is 13.0 Å². The summed E-state index contributed by atoms with van der Waals surface area (Å²) < 4.78 is 0. The fraction of sp³-hybridized carbons (Fsp3) is 0.692. The summed E-state index contributed by atoms with van der Waals surface area (Å²) in [6.45, 7) is 13.5. The van der Waals surface area contributed by atoms with E-state index in [1.807, 2.05) is 6.92 Å². The van der Waals surface area contributed by atoms with Crippen LogP contribution in [0.3, 0.4) is 0 Å². The van der Waals surface area contributed by atoms with Gasteiger partial charge in [-0.3, -0.25) is 0 Å². The molecule has 16 heavy (non-hydrogen) atoms. The molecule has 0 atom stereocenters. The van der Waals surface area contributed by atoms with Crippen LogP contribution in [-0.4, -0.2) is 16.0 Å². The van der Waals surface area contributed by atoms with Crippen LogP contribution in [0.1, 0.15) is 51.8 Å². The predicted molar refractivity (Wildman–Crippen MR) is 67.4 cm³/mol. The van der Waals surface area contributed by atoms with Crippen LogP contribution in [0.2, 0.25) is 0 Å². The second-order valence-corrected chi connectivity index (χ2v) is 5.60. The third-order valence-corrected chi connectivity index (χ3v) is 2.34. The molecule has 1 rings (SSSR count). The maximum Gasteiger partial charge on any atom is 0.142 e. The van der Waals surface area contributed by atoms with E-state index in [2.05, 4.69) is 56.0 Å². The molecular formula is C13H23N3. The Bertz CT molecular complexity index is 351. The van der Waals surface area contributed by atoms with E-state index in [9.17, 15) is 0 Å². The zero-order valence-electron chi connectivity index (χ0n) is 11.3. The van der Waals surface area contributed by atoms with E-state index < -0.39 is 0 Å². The molecule has 0 aliphatic carbocycles. The van der Waals surface area contributed by atoms with E-state index in [1.54, 1.807) is 0 Å². The van der Waals surface area contributed by atoms with Gasteiger partial charge in [-0.25, -0.2) is 9.97 Å². The molecule has 0 bridgehead atoms. The minimum atomic E-state index is 0.0836. The molecule has 3 nitrogen and oxygen atoms in total. The van der Waals surface area contributed by atoms with Crippen molar-refractivity contribution in [3.05, 3.63) is 23.3 Å². The van der Waals surface area contributed by atoms with Gasteiger partial charge in [-0.2, -0.15) is 0 Å². The zero-order chi connectivity index (χ0) is 12.3. The summed E-state index contributed by atoms with van der Waals surface area (Å²) in [5, 5.41) is 3.34. The molecule has 0 saturated carbocycles. The van der Waals surface area contributed by atoms with Crippen molar-refractivity contribution in [1.29, 1.82) is 0 Å². The highest BCUT2D eigenvalue weighted by atomic mass is 15.0. The van der Waals surface area contributed by atoms with Crippen molar-refractivity contribution in [2.24, 2.45) is 0 Å². The Morgan fingerprint density at radius 2 is 1.88 bits per heavy atom. The van der Waals surface area contributed by atoms with Crippen molar-refractivity contribution >= 4 is 0 Å². The summed E-state index contributed by atoms with van der Waals surface area (Å²) in [5.74, 6) is 0.888. The van der Waals surface area contributed by atoms with E-state index in [-0.39, 0.29) is 5.41 Å². The van der Waals surface area contributed by atoms with Crippen LogP contribution in [0.4, 0.5) is 0 Å². The molecule has 0 radical (unpaired) electrons. The Balaban J connectivity index is 2.90. The molecular weight excluding hydrogens is 198 g/mol. The molecule has 0 fully saturated rings. The molecule has 0 unspecified atom stereocenters. The Labute approximate surface area is 98.7 Å². The molecule has 0 amide bonds. The van der Waals surface area contributed by atoms with E-state index in [4.69, 9.17) is 0 Å². The molecule has 90 valence electrons. The highest BCUT2D eigenvalue weighted by molar-refractivity contribution is 5.17. The lowest BCUT2D eigenvalue weighted by atomic mass is 9.91. The quantitative estimate of drug-likeness (QED) is 0.852. The maximum absolute atomic E-state index is 4.60. The Kier molecular flexibility index (Phi) is 4.03. The van der Waals surface area contributed by atoms with Gasteiger partial charge in [0.1, 0.15) is 5.82 Å². The highest BCUT2D eigenvalue weighted by Gasteiger charge is 2.16. The first-order valence-electron chi connectivity index (χ1n) is 5.87. The molecule has 1 aromatic heterocycles. The molecule has 0 aromatic carbocycles. The topological polar surface area (TPSA) is 37.8 Å². The monoisotopic (exact) mass is 221 g/mol. The summed E-state index contributed by atoms with van der Waals surface area (Å²) in [7, 11) is 0. The van der Waals surface area contributed by atoms with Gasteiger partial charge in [0.2, 0.25) is 0 Å². The van der Waals surface area contributed by atoms with Crippen molar-refractivity contribution in [3.63, 3.8) is 0 Å². The van der Waals surface area contributed by atoms with Gasteiger partial charge >= 0.3 is 0 Å². The molecule has 1 N–H and O–H groups in total. The fourth-order valence-electron chi connectivity index (χ4n) is 1.39. The summed E-state index contributed by atoms with van der Waals surface area (Å²) in [4.78, 5) is 9.05.